The summed E-state index contributed by atoms with van der Waals surface area (Å²) in [6, 6.07) is 8.07. The molecular formula is C13H10F3N5O. The first kappa shape index (κ1) is 14.1. The minimum absolute atomic E-state index is 0.177. The lowest BCUT2D eigenvalue weighted by Gasteiger charge is -2.05. The SMILES string of the molecule is FC(F)(F)c1cc(CNc2cccc(-c3nnco3)c2)[nH]n1. The number of benzene rings is 1. The highest BCUT2D eigenvalue weighted by Crippen LogP contribution is 2.28. The van der Waals surface area contributed by atoms with E-state index < -0.39 is 11.9 Å². The summed E-state index contributed by atoms with van der Waals surface area (Å²) in [5.41, 5.74) is 0.807. The molecule has 0 amide bonds. The predicted molar refractivity (Wildman–Crippen MR) is 70.7 cm³/mol. The number of aromatic amines is 1. The van der Waals surface area contributed by atoms with E-state index in [2.05, 4.69) is 25.7 Å². The van der Waals surface area contributed by atoms with Crippen LogP contribution < -0.4 is 5.32 Å². The predicted octanol–water partition coefficient (Wildman–Crippen LogP) is 3.09. The van der Waals surface area contributed by atoms with Crippen molar-refractivity contribution in [1.29, 1.82) is 0 Å². The molecule has 6 nitrogen and oxygen atoms in total. The maximum absolute atomic E-state index is 12.4. The third-order valence-corrected chi connectivity index (χ3v) is 2.87. The molecule has 0 saturated carbocycles. The van der Waals surface area contributed by atoms with Gasteiger partial charge in [-0.3, -0.25) is 5.10 Å². The highest BCUT2D eigenvalue weighted by atomic mass is 19.4. The molecule has 9 heteroatoms. The Kier molecular flexibility index (Phi) is 3.53. The van der Waals surface area contributed by atoms with Crippen LogP contribution in [-0.4, -0.2) is 20.4 Å². The fourth-order valence-electron chi connectivity index (χ4n) is 1.86. The molecule has 0 unspecified atom stereocenters. The van der Waals surface area contributed by atoms with Gasteiger partial charge in [0.1, 0.15) is 0 Å². The molecule has 3 rings (SSSR count). The second-order valence-corrected chi connectivity index (χ2v) is 4.45. The van der Waals surface area contributed by atoms with Gasteiger partial charge in [0.2, 0.25) is 12.3 Å². The second kappa shape index (κ2) is 5.51. The maximum Gasteiger partial charge on any atom is 0.435 e. The van der Waals surface area contributed by atoms with E-state index in [1.807, 2.05) is 0 Å². The molecule has 2 N–H and O–H groups in total. The van der Waals surface area contributed by atoms with Crippen LogP contribution in [0.1, 0.15) is 11.4 Å². The average molecular weight is 309 g/mol. The van der Waals surface area contributed by atoms with Crippen LogP contribution >= 0.6 is 0 Å². The van der Waals surface area contributed by atoms with Gasteiger partial charge in [0.15, 0.2) is 5.69 Å². The second-order valence-electron chi connectivity index (χ2n) is 4.45. The summed E-state index contributed by atoms with van der Waals surface area (Å²) < 4.78 is 42.4. The molecule has 22 heavy (non-hydrogen) atoms. The van der Waals surface area contributed by atoms with Crippen LogP contribution in [0, 0.1) is 0 Å². The number of rotatable bonds is 4. The van der Waals surface area contributed by atoms with E-state index >= 15 is 0 Å². The van der Waals surface area contributed by atoms with Crippen molar-refractivity contribution in [3.8, 4) is 11.5 Å². The van der Waals surface area contributed by atoms with E-state index in [9.17, 15) is 13.2 Å². The Morgan fingerprint density at radius 1 is 1.23 bits per heavy atom. The third-order valence-electron chi connectivity index (χ3n) is 2.87. The van der Waals surface area contributed by atoms with Crippen LogP contribution in [0.25, 0.3) is 11.5 Å². The summed E-state index contributed by atoms with van der Waals surface area (Å²) >= 11 is 0. The number of hydrogen-bond donors (Lipinski definition) is 2. The zero-order chi connectivity index (χ0) is 15.6. The summed E-state index contributed by atoms with van der Waals surface area (Å²) in [6.45, 7) is 0.177. The number of alkyl halides is 3. The van der Waals surface area contributed by atoms with Crippen molar-refractivity contribution < 1.29 is 17.6 Å². The van der Waals surface area contributed by atoms with E-state index in [0.717, 1.165) is 6.07 Å². The molecule has 2 heterocycles. The Bertz CT molecular complexity index is 751. The fourth-order valence-corrected chi connectivity index (χ4v) is 1.86. The smallest absolute Gasteiger partial charge is 0.423 e. The Morgan fingerprint density at radius 2 is 2.09 bits per heavy atom. The molecule has 0 atom stereocenters. The van der Waals surface area contributed by atoms with Gasteiger partial charge in [-0.05, 0) is 24.3 Å². The molecule has 0 aliphatic carbocycles. The quantitative estimate of drug-likeness (QED) is 0.774. The number of anilines is 1. The average Bonchev–Trinajstić information content (AvgIpc) is 3.16. The Hall–Kier alpha value is -2.84. The Labute approximate surface area is 122 Å². The number of nitrogens with one attached hydrogen (secondary N) is 2. The van der Waals surface area contributed by atoms with Gasteiger partial charge in [0.05, 0.1) is 12.2 Å². The van der Waals surface area contributed by atoms with Crippen molar-refractivity contribution >= 4 is 5.69 Å². The van der Waals surface area contributed by atoms with E-state index in [1.165, 1.54) is 6.39 Å². The first-order valence-electron chi connectivity index (χ1n) is 6.24. The lowest BCUT2D eigenvalue weighted by Crippen LogP contribution is -2.04. The molecule has 0 saturated heterocycles. The van der Waals surface area contributed by atoms with Gasteiger partial charge >= 0.3 is 6.18 Å². The summed E-state index contributed by atoms with van der Waals surface area (Å²) in [7, 11) is 0. The molecule has 0 spiro atoms. The van der Waals surface area contributed by atoms with Crippen LogP contribution in [0.5, 0.6) is 0 Å². The molecule has 0 radical (unpaired) electrons. The summed E-state index contributed by atoms with van der Waals surface area (Å²) in [4.78, 5) is 0. The molecule has 114 valence electrons. The van der Waals surface area contributed by atoms with Crippen molar-refractivity contribution in [2.45, 2.75) is 12.7 Å². The minimum atomic E-state index is -4.45. The first-order valence-corrected chi connectivity index (χ1v) is 6.24. The zero-order valence-electron chi connectivity index (χ0n) is 11.1. The number of halogens is 3. The van der Waals surface area contributed by atoms with E-state index in [-0.39, 0.29) is 6.54 Å². The molecule has 1 aromatic carbocycles. The molecule has 3 aromatic rings. The zero-order valence-corrected chi connectivity index (χ0v) is 11.1. The fraction of sp³-hybridized carbons (Fsp3) is 0.154. The summed E-state index contributed by atoms with van der Waals surface area (Å²) in [6.07, 6.45) is -3.23. The third kappa shape index (κ3) is 3.08. The number of hydrogen-bond acceptors (Lipinski definition) is 5. The number of nitrogens with zero attached hydrogens (tertiary/aromatic N) is 3. The van der Waals surface area contributed by atoms with Crippen molar-refractivity contribution in [1.82, 2.24) is 20.4 Å². The number of aromatic nitrogens is 4. The van der Waals surface area contributed by atoms with Gasteiger partial charge in [-0.2, -0.15) is 18.3 Å². The standard InChI is InChI=1S/C13H10F3N5O/c14-13(15,16)11-5-10(19-20-11)6-17-9-3-1-2-8(4-9)12-21-18-7-22-12/h1-5,7,17H,6H2,(H,19,20). The normalized spacial score (nSPS) is 11.6. The molecule has 0 aliphatic rings. The first-order chi connectivity index (χ1) is 10.5. The van der Waals surface area contributed by atoms with E-state index in [1.54, 1.807) is 24.3 Å². The van der Waals surface area contributed by atoms with Gasteiger partial charge in [0.25, 0.3) is 0 Å². The summed E-state index contributed by atoms with van der Waals surface area (Å²) in [5, 5.41) is 16.0. The van der Waals surface area contributed by atoms with Gasteiger partial charge in [-0.1, -0.05) is 6.07 Å². The van der Waals surface area contributed by atoms with Crippen molar-refractivity contribution in [3.63, 3.8) is 0 Å². The highest BCUT2D eigenvalue weighted by molar-refractivity contribution is 5.60. The largest absolute Gasteiger partial charge is 0.435 e. The minimum Gasteiger partial charge on any atom is -0.423 e. The van der Waals surface area contributed by atoms with Gasteiger partial charge < -0.3 is 9.73 Å². The van der Waals surface area contributed by atoms with E-state index in [0.29, 0.717) is 22.8 Å². The topological polar surface area (TPSA) is 79.6 Å². The maximum atomic E-state index is 12.4. The van der Waals surface area contributed by atoms with Crippen LogP contribution in [0.15, 0.2) is 41.1 Å². The lowest BCUT2D eigenvalue weighted by molar-refractivity contribution is -0.141. The van der Waals surface area contributed by atoms with Crippen LogP contribution in [-0.2, 0) is 12.7 Å². The Balaban J connectivity index is 1.69. The van der Waals surface area contributed by atoms with Crippen molar-refractivity contribution in [2.24, 2.45) is 0 Å². The van der Waals surface area contributed by atoms with Crippen molar-refractivity contribution in [3.05, 3.63) is 48.1 Å². The lowest BCUT2D eigenvalue weighted by atomic mass is 10.2. The van der Waals surface area contributed by atoms with Crippen LogP contribution in [0.4, 0.5) is 18.9 Å². The van der Waals surface area contributed by atoms with Crippen LogP contribution in [0.2, 0.25) is 0 Å². The summed E-state index contributed by atoms with van der Waals surface area (Å²) in [5.74, 6) is 0.365. The van der Waals surface area contributed by atoms with Gasteiger partial charge in [-0.15, -0.1) is 10.2 Å². The molecular weight excluding hydrogens is 299 g/mol. The monoisotopic (exact) mass is 309 g/mol. The molecule has 0 aliphatic heterocycles. The van der Waals surface area contributed by atoms with Gasteiger partial charge in [0, 0.05) is 11.3 Å². The highest BCUT2D eigenvalue weighted by Gasteiger charge is 2.33. The van der Waals surface area contributed by atoms with Gasteiger partial charge in [-0.25, -0.2) is 0 Å². The van der Waals surface area contributed by atoms with E-state index in [4.69, 9.17) is 4.42 Å². The number of H-pyrrole nitrogens is 1. The molecule has 0 bridgehead atoms. The van der Waals surface area contributed by atoms with Crippen LogP contribution in [0.3, 0.4) is 0 Å². The molecule has 0 fully saturated rings. The Morgan fingerprint density at radius 3 is 2.77 bits per heavy atom. The van der Waals surface area contributed by atoms with Crippen molar-refractivity contribution in [2.75, 3.05) is 5.32 Å². The molecule has 2 aromatic heterocycles.